The van der Waals surface area contributed by atoms with Gasteiger partial charge in [-0.25, -0.2) is 18.1 Å². The molecule has 2 aromatic carbocycles. The van der Waals surface area contributed by atoms with E-state index in [9.17, 15) is 18.0 Å². The van der Waals surface area contributed by atoms with Gasteiger partial charge in [0.2, 0.25) is 10.0 Å². The summed E-state index contributed by atoms with van der Waals surface area (Å²) in [7, 11) is -2.28. The van der Waals surface area contributed by atoms with Gasteiger partial charge in [0, 0.05) is 29.1 Å². The molecule has 8 nitrogen and oxygen atoms in total. The fourth-order valence-electron chi connectivity index (χ4n) is 3.55. The average Bonchev–Trinajstić information content (AvgIpc) is 3.17. The number of carbonyl (C=O) groups is 1. The van der Waals surface area contributed by atoms with E-state index in [-0.39, 0.29) is 16.5 Å². The summed E-state index contributed by atoms with van der Waals surface area (Å²) in [6.45, 7) is 5.45. The molecule has 0 aliphatic rings. The van der Waals surface area contributed by atoms with Crippen molar-refractivity contribution in [1.82, 2.24) is 14.0 Å². The van der Waals surface area contributed by atoms with Crippen molar-refractivity contribution in [2.24, 2.45) is 0 Å². The van der Waals surface area contributed by atoms with E-state index in [2.05, 4.69) is 10.4 Å². The molecule has 34 heavy (non-hydrogen) atoms. The lowest BCUT2D eigenvalue weighted by Crippen LogP contribution is -2.34. The first-order chi connectivity index (χ1) is 16.1. The number of hydrogen-bond donors (Lipinski definition) is 1. The number of benzene rings is 2. The number of sulfonamides is 1. The first-order valence-corrected chi connectivity index (χ1v) is 12.8. The smallest absolute Gasteiger partial charge is 0.267 e. The summed E-state index contributed by atoms with van der Waals surface area (Å²) >= 11 is 1.41. The Morgan fingerprint density at radius 2 is 1.82 bits per heavy atom. The zero-order valence-electron chi connectivity index (χ0n) is 19.1. The molecule has 0 unspecified atom stereocenters. The second-order valence-electron chi connectivity index (χ2n) is 8.08. The van der Waals surface area contributed by atoms with Crippen molar-refractivity contribution in [2.75, 3.05) is 12.5 Å². The van der Waals surface area contributed by atoms with E-state index >= 15 is 0 Å². The summed E-state index contributed by atoms with van der Waals surface area (Å²) < 4.78 is 27.9. The number of carbonyl (C=O) groups excluding carboxylic acids is 1. The number of nitrogens with one attached hydrogen (secondary N) is 1. The van der Waals surface area contributed by atoms with Crippen LogP contribution in [0.3, 0.4) is 0 Å². The number of rotatable bonds is 6. The number of hydrogen-bond acceptors (Lipinski definition) is 6. The van der Waals surface area contributed by atoms with Gasteiger partial charge in [-0.2, -0.15) is 4.31 Å². The highest BCUT2D eigenvalue weighted by atomic mass is 32.2. The second-order valence-corrected chi connectivity index (χ2v) is 11.3. The molecule has 0 saturated carbocycles. The summed E-state index contributed by atoms with van der Waals surface area (Å²) in [6, 6.07) is 15.0. The van der Waals surface area contributed by atoms with E-state index in [1.165, 1.54) is 53.3 Å². The quantitative estimate of drug-likeness (QED) is 0.437. The van der Waals surface area contributed by atoms with Gasteiger partial charge in [0.15, 0.2) is 0 Å². The van der Waals surface area contributed by atoms with E-state index in [4.69, 9.17) is 0 Å². The second kappa shape index (κ2) is 9.13. The fourth-order valence-corrected chi connectivity index (χ4v) is 5.97. The van der Waals surface area contributed by atoms with Crippen LogP contribution in [0.5, 0.6) is 0 Å². The molecule has 0 bridgehead atoms. The average molecular weight is 497 g/mol. The van der Waals surface area contributed by atoms with Crippen LogP contribution in [0.2, 0.25) is 0 Å². The van der Waals surface area contributed by atoms with Crippen molar-refractivity contribution in [1.29, 1.82) is 0 Å². The normalized spacial score (nSPS) is 11.9. The summed E-state index contributed by atoms with van der Waals surface area (Å²) in [6.07, 6.45) is 1.26. The Labute approximate surface area is 201 Å². The number of fused-ring (bicyclic) bond motifs is 1. The number of aromatic nitrogens is 2. The van der Waals surface area contributed by atoms with E-state index in [1.807, 2.05) is 37.3 Å². The molecule has 0 aliphatic heterocycles. The van der Waals surface area contributed by atoms with Gasteiger partial charge in [0.05, 0.1) is 10.3 Å². The minimum Gasteiger partial charge on any atom is -0.267 e. The lowest BCUT2D eigenvalue weighted by molar-refractivity contribution is 0.101. The fraction of sp³-hybridized carbons (Fsp3) is 0.208. The molecule has 0 spiro atoms. The monoisotopic (exact) mass is 496 g/mol. The Kier molecular flexibility index (Phi) is 6.39. The van der Waals surface area contributed by atoms with Crippen LogP contribution in [0, 0.1) is 6.92 Å². The summed E-state index contributed by atoms with van der Waals surface area (Å²) in [4.78, 5) is 32.1. The van der Waals surface area contributed by atoms with Gasteiger partial charge < -0.3 is 0 Å². The van der Waals surface area contributed by atoms with Crippen molar-refractivity contribution in [3.8, 4) is 11.1 Å². The standard InChI is InChI=1S/C24H24N4O4S2/c1-15(2)27(4)34(31,32)19-12-8-11-18(13-19)22(29)26-28-14-25-23-21(24(28)30)20(16(3)33-23)17-9-6-5-7-10-17/h5-15H,1-4H3,(H,26,29). The molecule has 0 radical (unpaired) electrons. The van der Waals surface area contributed by atoms with Crippen molar-refractivity contribution in [3.05, 3.63) is 81.7 Å². The van der Waals surface area contributed by atoms with Crippen LogP contribution in [-0.4, -0.2) is 41.4 Å². The molecule has 0 aliphatic carbocycles. The van der Waals surface area contributed by atoms with Crippen LogP contribution in [-0.2, 0) is 10.0 Å². The molecule has 176 valence electrons. The van der Waals surface area contributed by atoms with Crippen molar-refractivity contribution >= 4 is 37.5 Å². The molecule has 0 fully saturated rings. The Bertz CT molecular complexity index is 1540. The number of thiophene rings is 1. The third-order valence-corrected chi connectivity index (χ3v) is 8.62. The first-order valence-electron chi connectivity index (χ1n) is 10.6. The Morgan fingerprint density at radius 3 is 2.50 bits per heavy atom. The van der Waals surface area contributed by atoms with Gasteiger partial charge in [-0.05, 0) is 44.5 Å². The summed E-state index contributed by atoms with van der Waals surface area (Å²) in [5.74, 6) is -0.624. The molecule has 1 amide bonds. The lowest BCUT2D eigenvalue weighted by Gasteiger charge is -2.21. The number of amides is 1. The highest BCUT2D eigenvalue weighted by Gasteiger charge is 2.24. The van der Waals surface area contributed by atoms with Gasteiger partial charge in [-0.3, -0.25) is 15.0 Å². The molecule has 0 atom stereocenters. The zero-order chi connectivity index (χ0) is 24.6. The van der Waals surface area contributed by atoms with Gasteiger partial charge in [0.25, 0.3) is 11.5 Å². The first kappa shape index (κ1) is 23.8. The van der Waals surface area contributed by atoms with Gasteiger partial charge in [0.1, 0.15) is 11.2 Å². The highest BCUT2D eigenvalue weighted by Crippen LogP contribution is 2.35. The summed E-state index contributed by atoms with van der Waals surface area (Å²) in [5.41, 5.74) is 3.90. The van der Waals surface area contributed by atoms with Crippen LogP contribution < -0.4 is 11.0 Å². The highest BCUT2D eigenvalue weighted by molar-refractivity contribution is 7.89. The van der Waals surface area contributed by atoms with E-state index < -0.39 is 21.5 Å². The number of aryl methyl sites for hydroxylation is 1. The number of nitrogens with zero attached hydrogens (tertiary/aromatic N) is 3. The minimum atomic E-state index is -3.76. The van der Waals surface area contributed by atoms with E-state index in [0.29, 0.717) is 10.2 Å². The van der Waals surface area contributed by atoms with Gasteiger partial charge >= 0.3 is 0 Å². The summed E-state index contributed by atoms with van der Waals surface area (Å²) in [5, 5.41) is 0.423. The SMILES string of the molecule is Cc1sc2ncn(NC(=O)c3cccc(S(=O)(=O)N(C)C(C)C)c3)c(=O)c2c1-c1ccccc1. The zero-order valence-corrected chi connectivity index (χ0v) is 20.8. The molecule has 0 saturated heterocycles. The van der Waals surface area contributed by atoms with Gasteiger partial charge in [-0.1, -0.05) is 36.4 Å². The molecule has 2 aromatic heterocycles. The molecular formula is C24H24N4O4S2. The third kappa shape index (κ3) is 4.27. The Hall–Kier alpha value is -3.34. The van der Waals surface area contributed by atoms with E-state index in [0.717, 1.165) is 20.7 Å². The third-order valence-electron chi connectivity index (χ3n) is 5.57. The maximum absolute atomic E-state index is 13.3. The maximum Gasteiger partial charge on any atom is 0.281 e. The molecule has 4 rings (SSSR count). The molecule has 2 heterocycles. The van der Waals surface area contributed by atoms with Crippen LogP contribution in [0.4, 0.5) is 0 Å². The molecule has 10 heteroatoms. The molecule has 4 aromatic rings. The maximum atomic E-state index is 13.3. The minimum absolute atomic E-state index is 0.00269. The van der Waals surface area contributed by atoms with Crippen molar-refractivity contribution in [3.63, 3.8) is 0 Å². The van der Waals surface area contributed by atoms with Crippen LogP contribution in [0.25, 0.3) is 21.3 Å². The molecule has 1 N–H and O–H groups in total. The Balaban J connectivity index is 1.71. The largest absolute Gasteiger partial charge is 0.281 e. The van der Waals surface area contributed by atoms with Crippen LogP contribution in [0.1, 0.15) is 29.1 Å². The predicted octanol–water partition coefficient (Wildman–Crippen LogP) is 3.85. The lowest BCUT2D eigenvalue weighted by atomic mass is 10.0. The van der Waals surface area contributed by atoms with E-state index in [1.54, 1.807) is 13.8 Å². The van der Waals surface area contributed by atoms with Gasteiger partial charge in [-0.15, -0.1) is 11.3 Å². The Morgan fingerprint density at radius 1 is 1.12 bits per heavy atom. The van der Waals surface area contributed by atoms with Crippen LogP contribution >= 0.6 is 11.3 Å². The topological polar surface area (TPSA) is 101 Å². The van der Waals surface area contributed by atoms with Crippen molar-refractivity contribution < 1.29 is 13.2 Å². The predicted molar refractivity (Wildman–Crippen MR) is 134 cm³/mol. The molecular weight excluding hydrogens is 472 g/mol. The van der Waals surface area contributed by atoms with Crippen LogP contribution in [0.15, 0.2) is 70.6 Å². The van der Waals surface area contributed by atoms with Crippen molar-refractivity contribution in [2.45, 2.75) is 31.7 Å².